The zero-order valence-corrected chi connectivity index (χ0v) is 29.1. The van der Waals surface area contributed by atoms with Gasteiger partial charge in [-0.15, -0.1) is 0 Å². The Balaban J connectivity index is 4.06. The normalized spacial score (nSPS) is 12.4. The van der Waals surface area contributed by atoms with Crippen LogP contribution in [0.1, 0.15) is 213 Å². The van der Waals surface area contributed by atoms with E-state index in [0.29, 0.717) is 13.2 Å². The van der Waals surface area contributed by atoms with E-state index < -0.39 is 7.94 Å². The Morgan fingerprint density at radius 3 is 0.825 bits per heavy atom. The van der Waals surface area contributed by atoms with Gasteiger partial charge in [-0.25, -0.2) is 0 Å². The van der Waals surface area contributed by atoms with Gasteiger partial charge in [-0.3, -0.25) is 0 Å². The molecule has 0 aliphatic rings. The first-order valence-corrected chi connectivity index (χ1v) is 20.7. The molecule has 0 radical (unpaired) electrons. The summed E-state index contributed by atoms with van der Waals surface area (Å²) in [6, 6.07) is 0. The van der Waals surface area contributed by atoms with Gasteiger partial charge in [0, 0.05) is 0 Å². The molecule has 0 spiro atoms. The first-order valence-electron chi connectivity index (χ1n) is 18.7. The van der Waals surface area contributed by atoms with Crippen LogP contribution in [0.25, 0.3) is 0 Å². The van der Waals surface area contributed by atoms with Crippen LogP contribution in [-0.2, 0) is 9.05 Å². The van der Waals surface area contributed by atoms with Gasteiger partial charge in [0.1, 0.15) is 0 Å². The minimum atomic E-state index is -3.03. The van der Waals surface area contributed by atoms with Crippen LogP contribution in [-0.4, -0.2) is 24.3 Å². The summed E-state index contributed by atoms with van der Waals surface area (Å²) < 4.78 is 12.3. The average Bonchev–Trinajstić information content (AvgIpc) is 2.95. The summed E-state index contributed by atoms with van der Waals surface area (Å²) in [5.41, 5.74) is 0. The van der Waals surface area contributed by atoms with E-state index in [1.165, 1.54) is 173 Å². The topological polar surface area (TPSA) is 38.7 Å². The van der Waals surface area contributed by atoms with Crippen LogP contribution in [0.15, 0.2) is 0 Å². The van der Waals surface area contributed by atoms with Crippen LogP contribution in [0.2, 0.25) is 0 Å². The van der Waals surface area contributed by atoms with Crippen LogP contribution in [0.5, 0.6) is 0 Å². The molecule has 0 heterocycles. The second-order valence-corrected chi connectivity index (χ2v) is 15.2. The zero-order valence-electron chi connectivity index (χ0n) is 28.1. The second kappa shape index (κ2) is 33.8. The van der Waals surface area contributed by atoms with E-state index >= 15 is 0 Å². The molecule has 0 saturated carbocycles. The zero-order chi connectivity index (χ0) is 29.2. The van der Waals surface area contributed by atoms with E-state index in [1.807, 2.05) is 0 Å². The van der Waals surface area contributed by atoms with Crippen molar-refractivity contribution in [1.82, 2.24) is 0 Å². The molecule has 40 heavy (non-hydrogen) atoms. The number of unbranched alkanes of at least 4 members (excludes halogenated alkanes) is 27. The fourth-order valence-electron chi connectivity index (χ4n) is 5.66. The van der Waals surface area contributed by atoms with Crippen molar-refractivity contribution in [3.05, 3.63) is 0 Å². The summed E-state index contributed by atoms with van der Waals surface area (Å²) in [6.45, 7) is 8.20. The number of rotatable bonds is 35. The summed E-state index contributed by atoms with van der Waals surface area (Å²) >= 11 is 0. The first kappa shape index (κ1) is 40.3. The third kappa shape index (κ3) is 31.3. The van der Waals surface area contributed by atoms with E-state index in [9.17, 15) is 4.89 Å². The average molecular weight is 589 g/mol. The van der Waals surface area contributed by atoms with Gasteiger partial charge in [0.25, 0.3) is 0 Å². The van der Waals surface area contributed by atoms with Crippen LogP contribution in [0.4, 0.5) is 0 Å². The van der Waals surface area contributed by atoms with Crippen molar-refractivity contribution in [3.63, 3.8) is 0 Å². The van der Waals surface area contributed by atoms with E-state index in [1.54, 1.807) is 0 Å². The fourth-order valence-corrected chi connectivity index (χ4v) is 7.66. The maximum absolute atomic E-state index is 11.3. The van der Waals surface area contributed by atoms with Gasteiger partial charge in [0.2, 0.25) is 0 Å². The molecule has 0 atom stereocenters. The quantitative estimate of drug-likeness (QED) is 0.0591. The van der Waals surface area contributed by atoms with Crippen molar-refractivity contribution < 1.29 is 13.9 Å². The fraction of sp³-hybridized carbons (Fsp3) is 1.00. The molecule has 0 bridgehead atoms. The van der Waals surface area contributed by atoms with Gasteiger partial charge in [0.05, 0.1) is 0 Å². The van der Waals surface area contributed by atoms with Crippen molar-refractivity contribution in [2.75, 3.05) is 19.4 Å². The van der Waals surface area contributed by atoms with Crippen LogP contribution < -0.4 is 0 Å². The molecule has 0 aliphatic carbocycles. The molecule has 244 valence electrons. The molecular formula is C36H77O3P. The van der Waals surface area contributed by atoms with Crippen molar-refractivity contribution in [2.24, 2.45) is 0 Å². The maximum atomic E-state index is 11.3. The summed E-state index contributed by atoms with van der Waals surface area (Å²) in [7, 11) is -3.03. The molecule has 1 N–H and O–H groups in total. The van der Waals surface area contributed by atoms with Gasteiger partial charge < -0.3 is 0 Å². The van der Waals surface area contributed by atoms with Gasteiger partial charge in [-0.1, -0.05) is 13.8 Å². The SMILES string of the molecule is CCCCCCCCCCCCO[PH](O)(CCCCCCCCCCCC)OCCCCCCCCCCCC. The predicted octanol–water partition coefficient (Wildman–Crippen LogP) is 13.3. The Hall–Kier alpha value is 0.310. The Morgan fingerprint density at radius 2 is 0.550 bits per heavy atom. The molecule has 0 rings (SSSR count). The molecule has 0 aromatic carbocycles. The Labute approximate surface area is 254 Å². The summed E-state index contributed by atoms with van der Waals surface area (Å²) in [4.78, 5) is 11.3. The summed E-state index contributed by atoms with van der Waals surface area (Å²) in [6.07, 6.45) is 40.4. The third-order valence-electron chi connectivity index (χ3n) is 8.50. The van der Waals surface area contributed by atoms with Crippen LogP contribution >= 0.6 is 7.94 Å². The number of hydrogen-bond acceptors (Lipinski definition) is 3. The van der Waals surface area contributed by atoms with E-state index in [0.717, 1.165) is 25.4 Å². The Bertz CT molecular complexity index is 433. The minimum Gasteiger partial charge on any atom is -0.0654 e. The molecule has 0 saturated heterocycles. The molecule has 3 nitrogen and oxygen atoms in total. The Morgan fingerprint density at radius 1 is 0.325 bits per heavy atom. The molecule has 0 unspecified atom stereocenters. The molecule has 4 heteroatoms. The molecule has 0 aromatic heterocycles. The van der Waals surface area contributed by atoms with Gasteiger partial charge in [0.15, 0.2) is 0 Å². The minimum absolute atomic E-state index is 0.676. The van der Waals surface area contributed by atoms with Gasteiger partial charge in [-0.2, -0.15) is 0 Å². The standard InChI is InChI=1S/C36H77O3P/c1-4-7-10-13-16-19-22-25-28-31-34-38-40(37,36-33-30-27-24-21-18-15-12-9-6-3)39-35-32-29-26-23-20-17-14-11-8-5-2/h37,40H,4-36H2,1-3H3. The number of hydrogen-bond donors (Lipinski definition) is 1. The van der Waals surface area contributed by atoms with Gasteiger partial charge in [-0.05, 0) is 0 Å². The van der Waals surface area contributed by atoms with Gasteiger partial charge >= 0.3 is 241 Å². The third-order valence-corrected chi connectivity index (χ3v) is 10.8. The predicted molar refractivity (Wildman–Crippen MR) is 183 cm³/mol. The van der Waals surface area contributed by atoms with E-state index in [-0.39, 0.29) is 0 Å². The molecule has 0 aromatic rings. The monoisotopic (exact) mass is 589 g/mol. The molecule has 0 aliphatic heterocycles. The molecule has 0 fully saturated rings. The van der Waals surface area contributed by atoms with Crippen LogP contribution in [0.3, 0.4) is 0 Å². The molecule has 0 amide bonds. The summed E-state index contributed by atoms with van der Waals surface area (Å²) in [5.74, 6) is 0. The second-order valence-electron chi connectivity index (χ2n) is 12.7. The van der Waals surface area contributed by atoms with E-state index in [2.05, 4.69) is 20.8 Å². The smallest absolute Gasteiger partial charge is 0.0654 e. The Kier molecular flexibility index (Phi) is 34.1. The van der Waals surface area contributed by atoms with Crippen molar-refractivity contribution in [3.8, 4) is 0 Å². The first-order chi connectivity index (χ1) is 19.7. The van der Waals surface area contributed by atoms with Crippen molar-refractivity contribution >= 4 is 7.94 Å². The molecular weight excluding hydrogens is 511 g/mol. The van der Waals surface area contributed by atoms with Crippen LogP contribution in [0, 0.1) is 0 Å². The summed E-state index contributed by atoms with van der Waals surface area (Å²) in [5, 5.41) is 0. The van der Waals surface area contributed by atoms with Crippen molar-refractivity contribution in [2.45, 2.75) is 213 Å². The van der Waals surface area contributed by atoms with Crippen molar-refractivity contribution in [1.29, 1.82) is 0 Å². The van der Waals surface area contributed by atoms with E-state index in [4.69, 9.17) is 9.05 Å².